The van der Waals surface area contributed by atoms with E-state index in [2.05, 4.69) is 26.0 Å². The van der Waals surface area contributed by atoms with Crippen molar-refractivity contribution in [2.75, 3.05) is 0 Å². The summed E-state index contributed by atoms with van der Waals surface area (Å²) in [4.78, 5) is 4.16. The molecular formula is C11H12BrN3. The van der Waals surface area contributed by atoms with Crippen molar-refractivity contribution in [2.45, 2.75) is 19.4 Å². The van der Waals surface area contributed by atoms with Crippen LogP contribution in [0.4, 0.5) is 0 Å². The molecule has 2 aromatic rings. The molecule has 1 aromatic carbocycles. The van der Waals surface area contributed by atoms with Crippen LogP contribution in [-0.2, 0) is 13.0 Å². The fourth-order valence-electron chi connectivity index (χ4n) is 1.48. The lowest BCUT2D eigenvalue weighted by Gasteiger charge is -1.85. The number of rotatable bonds is 0. The van der Waals surface area contributed by atoms with Crippen LogP contribution in [0.1, 0.15) is 12.2 Å². The molecule has 0 fully saturated rings. The van der Waals surface area contributed by atoms with Crippen molar-refractivity contribution in [2.24, 2.45) is 0 Å². The molecule has 0 atom stereocenters. The van der Waals surface area contributed by atoms with Crippen LogP contribution in [0, 0.1) is 0 Å². The van der Waals surface area contributed by atoms with E-state index in [4.69, 9.17) is 0 Å². The van der Waals surface area contributed by atoms with E-state index in [9.17, 15) is 0 Å². The maximum absolute atomic E-state index is 4.16. The van der Waals surface area contributed by atoms with Crippen LogP contribution in [0.2, 0.25) is 0 Å². The predicted molar refractivity (Wildman–Crippen MR) is 62.5 cm³/mol. The quantitative estimate of drug-likeness (QED) is 0.734. The Bertz CT molecular complexity index is 363. The number of hydrogen-bond acceptors (Lipinski definition) is 2. The van der Waals surface area contributed by atoms with Crippen molar-refractivity contribution >= 4 is 15.9 Å². The molecule has 1 aliphatic rings. The van der Waals surface area contributed by atoms with Crippen LogP contribution in [0.5, 0.6) is 0 Å². The van der Waals surface area contributed by atoms with E-state index >= 15 is 0 Å². The van der Waals surface area contributed by atoms with Gasteiger partial charge in [-0.2, -0.15) is 0 Å². The number of hydrogen-bond donors (Lipinski definition) is 0. The van der Waals surface area contributed by atoms with Gasteiger partial charge in [-0.15, -0.1) is 5.10 Å². The van der Waals surface area contributed by atoms with E-state index < -0.39 is 0 Å². The first-order valence-corrected chi connectivity index (χ1v) is 5.75. The van der Waals surface area contributed by atoms with Crippen LogP contribution in [0.3, 0.4) is 0 Å². The Kier molecular flexibility index (Phi) is 3.50. The Hall–Kier alpha value is -1.16. The SMILES string of the molecule is Brc1nc2n(n1)CCC2.c1ccccc1. The molecule has 0 spiro atoms. The molecule has 3 rings (SSSR count). The molecule has 0 bridgehead atoms. The Morgan fingerprint density at radius 3 is 2.20 bits per heavy atom. The standard InChI is InChI=1S/C6H6.C5H6BrN3/c1-2-4-6-5-3-1;6-5-7-4-2-1-3-9(4)8-5/h1-6H;1-3H2. The molecule has 0 unspecified atom stereocenters. The average Bonchev–Trinajstić information content (AvgIpc) is 2.81. The largest absolute Gasteiger partial charge is 0.249 e. The fourth-order valence-corrected chi connectivity index (χ4v) is 1.88. The Labute approximate surface area is 97.3 Å². The molecule has 0 N–H and O–H groups in total. The van der Waals surface area contributed by atoms with Crippen LogP contribution in [0.15, 0.2) is 41.1 Å². The van der Waals surface area contributed by atoms with Crippen LogP contribution >= 0.6 is 15.9 Å². The van der Waals surface area contributed by atoms with Crippen molar-refractivity contribution in [3.8, 4) is 0 Å². The summed E-state index contributed by atoms with van der Waals surface area (Å²) in [6.45, 7) is 1.04. The zero-order valence-electron chi connectivity index (χ0n) is 8.31. The number of halogens is 1. The van der Waals surface area contributed by atoms with Gasteiger partial charge in [-0.25, -0.2) is 9.67 Å². The summed E-state index contributed by atoms with van der Waals surface area (Å²) >= 11 is 3.21. The van der Waals surface area contributed by atoms with Gasteiger partial charge in [-0.3, -0.25) is 0 Å². The molecule has 2 heterocycles. The van der Waals surface area contributed by atoms with E-state index in [0.29, 0.717) is 0 Å². The Balaban J connectivity index is 0.000000124. The number of fused-ring (bicyclic) bond motifs is 1. The summed E-state index contributed by atoms with van der Waals surface area (Å²) in [6.07, 6.45) is 2.28. The van der Waals surface area contributed by atoms with Gasteiger partial charge in [0.05, 0.1) is 0 Å². The number of nitrogens with zero attached hydrogens (tertiary/aromatic N) is 3. The van der Waals surface area contributed by atoms with Crippen molar-refractivity contribution in [1.29, 1.82) is 0 Å². The lowest BCUT2D eigenvalue weighted by molar-refractivity contribution is 0.652. The lowest BCUT2D eigenvalue weighted by Crippen LogP contribution is -1.93. The summed E-state index contributed by atoms with van der Waals surface area (Å²) in [5.74, 6) is 1.11. The van der Waals surface area contributed by atoms with Gasteiger partial charge < -0.3 is 0 Å². The minimum atomic E-state index is 0.720. The first-order valence-electron chi connectivity index (χ1n) is 4.95. The normalized spacial score (nSPS) is 12.9. The van der Waals surface area contributed by atoms with Crippen LogP contribution in [0.25, 0.3) is 0 Å². The molecule has 1 aliphatic heterocycles. The van der Waals surface area contributed by atoms with E-state index in [-0.39, 0.29) is 0 Å². The zero-order chi connectivity index (χ0) is 10.5. The van der Waals surface area contributed by atoms with Gasteiger partial charge in [0.1, 0.15) is 5.82 Å². The second-order valence-electron chi connectivity index (χ2n) is 3.28. The summed E-state index contributed by atoms with van der Waals surface area (Å²) in [6, 6.07) is 12.0. The first kappa shape index (κ1) is 10.4. The fraction of sp³-hybridized carbons (Fsp3) is 0.273. The lowest BCUT2D eigenvalue weighted by atomic mass is 10.4. The van der Waals surface area contributed by atoms with E-state index in [1.807, 2.05) is 41.1 Å². The van der Waals surface area contributed by atoms with E-state index in [1.54, 1.807) is 0 Å². The molecule has 1 aromatic heterocycles. The van der Waals surface area contributed by atoms with Crippen LogP contribution in [-0.4, -0.2) is 14.8 Å². The Morgan fingerprint density at radius 1 is 1.07 bits per heavy atom. The second kappa shape index (κ2) is 5.07. The summed E-state index contributed by atoms with van der Waals surface area (Å²) in [5, 5.41) is 4.11. The third-order valence-corrected chi connectivity index (χ3v) is 2.50. The third-order valence-electron chi connectivity index (χ3n) is 2.16. The molecule has 0 radical (unpaired) electrons. The van der Waals surface area contributed by atoms with Gasteiger partial charge >= 0.3 is 0 Å². The van der Waals surface area contributed by atoms with Crippen LogP contribution < -0.4 is 0 Å². The maximum atomic E-state index is 4.16. The molecule has 78 valence electrons. The highest BCUT2D eigenvalue weighted by molar-refractivity contribution is 9.10. The first-order chi connectivity index (χ1) is 7.36. The highest BCUT2D eigenvalue weighted by Gasteiger charge is 2.12. The molecule has 0 aliphatic carbocycles. The Morgan fingerprint density at radius 2 is 1.67 bits per heavy atom. The third kappa shape index (κ3) is 2.89. The molecule has 0 amide bonds. The van der Waals surface area contributed by atoms with E-state index in [1.165, 1.54) is 6.42 Å². The monoisotopic (exact) mass is 265 g/mol. The van der Waals surface area contributed by atoms with Gasteiger partial charge in [0.25, 0.3) is 0 Å². The predicted octanol–water partition coefficient (Wildman–Crippen LogP) is 2.67. The van der Waals surface area contributed by atoms with E-state index in [0.717, 1.165) is 23.5 Å². The second-order valence-corrected chi connectivity index (χ2v) is 3.99. The number of benzene rings is 1. The molecule has 0 saturated heterocycles. The van der Waals surface area contributed by atoms with Crippen molar-refractivity contribution in [3.05, 3.63) is 47.0 Å². The van der Waals surface area contributed by atoms with Gasteiger partial charge in [-0.1, -0.05) is 36.4 Å². The van der Waals surface area contributed by atoms with Crippen molar-refractivity contribution in [3.63, 3.8) is 0 Å². The summed E-state index contributed by atoms with van der Waals surface area (Å²) < 4.78 is 2.67. The molecular weight excluding hydrogens is 254 g/mol. The molecule has 4 heteroatoms. The summed E-state index contributed by atoms with van der Waals surface area (Å²) in [7, 11) is 0. The highest BCUT2D eigenvalue weighted by atomic mass is 79.9. The molecule has 15 heavy (non-hydrogen) atoms. The molecule has 0 saturated carbocycles. The smallest absolute Gasteiger partial charge is 0.217 e. The summed E-state index contributed by atoms with van der Waals surface area (Å²) in [5.41, 5.74) is 0. The van der Waals surface area contributed by atoms with Gasteiger partial charge in [0.15, 0.2) is 0 Å². The highest BCUT2D eigenvalue weighted by Crippen LogP contribution is 2.13. The maximum Gasteiger partial charge on any atom is 0.217 e. The zero-order valence-corrected chi connectivity index (χ0v) is 9.89. The van der Waals surface area contributed by atoms with Crippen molar-refractivity contribution < 1.29 is 0 Å². The molecule has 3 nitrogen and oxygen atoms in total. The minimum absolute atomic E-state index is 0.720. The minimum Gasteiger partial charge on any atom is -0.249 e. The number of aromatic nitrogens is 3. The van der Waals surface area contributed by atoms with Gasteiger partial charge in [0.2, 0.25) is 4.73 Å². The number of aryl methyl sites for hydroxylation is 2. The topological polar surface area (TPSA) is 30.7 Å². The van der Waals surface area contributed by atoms with Gasteiger partial charge in [-0.05, 0) is 22.4 Å². The van der Waals surface area contributed by atoms with Gasteiger partial charge in [0, 0.05) is 13.0 Å². The van der Waals surface area contributed by atoms with Crippen molar-refractivity contribution in [1.82, 2.24) is 14.8 Å². The average molecular weight is 266 g/mol.